The summed E-state index contributed by atoms with van der Waals surface area (Å²) in [5.41, 5.74) is 1.56. The van der Waals surface area contributed by atoms with Gasteiger partial charge in [-0.2, -0.15) is 13.5 Å². The molecule has 1 N–H and O–H groups in total. The Bertz CT molecular complexity index is 1110. The summed E-state index contributed by atoms with van der Waals surface area (Å²) in [7, 11) is 3.10. The minimum absolute atomic E-state index is 0.0754. The molecule has 1 aliphatic rings. The molecule has 30 heavy (non-hydrogen) atoms. The molecule has 1 aromatic heterocycles. The quantitative estimate of drug-likeness (QED) is 0.626. The Hall–Kier alpha value is -3.40. The number of hydrogen-bond donors (Lipinski definition) is 1. The first-order valence-electron chi connectivity index (χ1n) is 8.73. The molecule has 2 aromatic carbocycles. The van der Waals surface area contributed by atoms with E-state index in [1.54, 1.807) is 55.3 Å². The highest BCUT2D eigenvalue weighted by Gasteiger charge is 2.28. The average molecular weight is 436 g/mol. The third-order valence-electron chi connectivity index (χ3n) is 4.53. The third kappa shape index (κ3) is 3.73. The molecule has 0 radical (unpaired) electrons. The number of hydrogen-bond acceptors (Lipinski definition) is 7. The van der Waals surface area contributed by atoms with Gasteiger partial charge in [-0.3, -0.25) is 0 Å². The molecule has 0 fully saturated rings. The number of benzene rings is 2. The molecule has 4 rings (SSSR count). The van der Waals surface area contributed by atoms with E-state index in [0.717, 1.165) is 5.56 Å². The molecular formula is C19H16ClF2N5O3. The molecule has 0 unspecified atom stereocenters. The first-order chi connectivity index (χ1) is 14.5. The fourth-order valence-corrected chi connectivity index (χ4v) is 3.38. The normalized spacial score (nSPS) is 15.3. The number of nitrogens with one attached hydrogen (secondary N) is 1. The van der Waals surface area contributed by atoms with Gasteiger partial charge in [-0.05, 0) is 52.9 Å². The first-order valence-corrected chi connectivity index (χ1v) is 9.11. The van der Waals surface area contributed by atoms with E-state index < -0.39 is 12.7 Å². The van der Waals surface area contributed by atoms with Crippen LogP contribution < -0.4 is 19.5 Å². The van der Waals surface area contributed by atoms with Crippen LogP contribution in [0.25, 0.3) is 5.70 Å². The molecule has 0 amide bonds. The van der Waals surface area contributed by atoms with Crippen LogP contribution in [0, 0.1) is 0 Å². The van der Waals surface area contributed by atoms with E-state index in [1.165, 1.54) is 6.07 Å². The molecule has 0 aliphatic carbocycles. The third-order valence-corrected chi connectivity index (χ3v) is 4.77. The van der Waals surface area contributed by atoms with Crippen molar-refractivity contribution in [1.29, 1.82) is 0 Å². The zero-order chi connectivity index (χ0) is 21.3. The number of ether oxygens (including phenoxy) is 3. The summed E-state index contributed by atoms with van der Waals surface area (Å²) >= 11 is 5.97. The first kappa shape index (κ1) is 19.9. The highest BCUT2D eigenvalue weighted by atomic mass is 35.5. The van der Waals surface area contributed by atoms with E-state index in [1.807, 2.05) is 0 Å². The van der Waals surface area contributed by atoms with Gasteiger partial charge in [0.1, 0.15) is 23.3 Å². The van der Waals surface area contributed by atoms with Gasteiger partial charge < -0.3 is 19.5 Å². The maximum absolute atomic E-state index is 12.9. The topological polar surface area (TPSA) is 83.3 Å². The molecule has 156 valence electrons. The summed E-state index contributed by atoms with van der Waals surface area (Å²) in [5.74, 6) is 1.44. The van der Waals surface area contributed by atoms with Gasteiger partial charge in [-0.1, -0.05) is 16.7 Å². The van der Waals surface area contributed by atoms with Crippen LogP contribution in [0.15, 0.2) is 42.5 Å². The zero-order valence-corrected chi connectivity index (χ0v) is 16.6. The summed E-state index contributed by atoms with van der Waals surface area (Å²) in [4.78, 5) is 0. The number of nitrogens with zero attached hydrogens (tertiary/aromatic N) is 4. The van der Waals surface area contributed by atoms with Crippen molar-refractivity contribution < 1.29 is 23.0 Å². The molecule has 8 nitrogen and oxygen atoms in total. The van der Waals surface area contributed by atoms with Crippen LogP contribution in [0.4, 0.5) is 14.7 Å². The Balaban J connectivity index is 1.86. The predicted octanol–water partition coefficient (Wildman–Crippen LogP) is 4.00. The number of halogens is 3. The highest BCUT2D eigenvalue weighted by molar-refractivity contribution is 6.30. The fourth-order valence-electron chi connectivity index (χ4n) is 3.22. The fraction of sp³-hybridized carbons (Fsp3) is 0.211. The molecule has 3 aromatic rings. The van der Waals surface area contributed by atoms with E-state index in [4.69, 9.17) is 21.1 Å². The smallest absolute Gasteiger partial charge is 0.387 e. The van der Waals surface area contributed by atoms with Crippen LogP contribution in [-0.2, 0) is 0 Å². The average Bonchev–Trinajstić information content (AvgIpc) is 3.21. The second-order valence-electron chi connectivity index (χ2n) is 6.22. The predicted molar refractivity (Wildman–Crippen MR) is 105 cm³/mol. The highest BCUT2D eigenvalue weighted by Crippen LogP contribution is 2.39. The SMILES string of the molecule is COc1ccc(OC)c([C@@H]2C=C(c3ccc(Cl)cc3OC(F)F)Nc3nnnn32)c1. The standard InChI is InChI=1S/C19H16ClF2N5O3/c1-28-11-4-6-16(29-2)13(8-11)15-9-14(23-19-24-25-26-27(15)19)12-5-3-10(20)7-17(12)30-18(21)22/h3-9,15,18H,1-2H3,(H,23,24,26)/t15-/m0/s1. The van der Waals surface area contributed by atoms with Crippen molar-refractivity contribution in [1.82, 2.24) is 20.2 Å². The number of fused-ring (bicyclic) bond motifs is 1. The zero-order valence-electron chi connectivity index (χ0n) is 15.8. The van der Waals surface area contributed by atoms with Crippen molar-refractivity contribution in [3.63, 3.8) is 0 Å². The Morgan fingerprint density at radius 1 is 1.10 bits per heavy atom. The van der Waals surface area contributed by atoms with Crippen molar-refractivity contribution in [2.45, 2.75) is 12.7 Å². The Kier molecular flexibility index (Phi) is 5.40. The van der Waals surface area contributed by atoms with Crippen LogP contribution in [0.3, 0.4) is 0 Å². The van der Waals surface area contributed by atoms with Gasteiger partial charge >= 0.3 is 6.61 Å². The number of anilines is 1. The molecule has 0 saturated heterocycles. The van der Waals surface area contributed by atoms with Gasteiger partial charge in [0.2, 0.25) is 5.95 Å². The lowest BCUT2D eigenvalue weighted by molar-refractivity contribution is -0.0500. The van der Waals surface area contributed by atoms with Crippen molar-refractivity contribution in [2.75, 3.05) is 19.5 Å². The summed E-state index contributed by atoms with van der Waals surface area (Å²) in [6, 6.07) is 9.31. The van der Waals surface area contributed by atoms with E-state index in [2.05, 4.69) is 25.6 Å². The van der Waals surface area contributed by atoms with E-state index in [-0.39, 0.29) is 10.8 Å². The van der Waals surface area contributed by atoms with E-state index >= 15 is 0 Å². The monoisotopic (exact) mass is 435 g/mol. The van der Waals surface area contributed by atoms with Gasteiger partial charge in [-0.15, -0.1) is 0 Å². The lowest BCUT2D eigenvalue weighted by Gasteiger charge is -2.25. The molecule has 0 saturated carbocycles. The van der Waals surface area contributed by atoms with Gasteiger partial charge in [0.15, 0.2) is 0 Å². The summed E-state index contributed by atoms with van der Waals surface area (Å²) < 4.78 is 42.9. The van der Waals surface area contributed by atoms with Gasteiger partial charge in [0.05, 0.1) is 19.9 Å². The summed E-state index contributed by atoms with van der Waals surface area (Å²) in [6.07, 6.45) is 1.78. The number of tetrazole rings is 1. The number of allylic oxidation sites excluding steroid dienone is 1. The second-order valence-corrected chi connectivity index (χ2v) is 6.66. The van der Waals surface area contributed by atoms with Gasteiger partial charge in [-0.25, -0.2) is 0 Å². The summed E-state index contributed by atoms with van der Waals surface area (Å²) in [6.45, 7) is -3.01. The number of alkyl halides is 2. The van der Waals surface area contributed by atoms with Crippen LogP contribution in [0.5, 0.6) is 17.2 Å². The molecule has 2 heterocycles. The van der Waals surface area contributed by atoms with Crippen molar-refractivity contribution in [2.24, 2.45) is 0 Å². The Morgan fingerprint density at radius 2 is 1.93 bits per heavy atom. The van der Waals surface area contributed by atoms with Crippen LogP contribution in [0.1, 0.15) is 17.2 Å². The number of aromatic nitrogens is 4. The number of methoxy groups -OCH3 is 2. The second kappa shape index (κ2) is 8.15. The van der Waals surface area contributed by atoms with Gasteiger partial charge in [0, 0.05) is 16.1 Å². The van der Waals surface area contributed by atoms with Crippen LogP contribution in [-0.4, -0.2) is 41.0 Å². The number of rotatable bonds is 6. The van der Waals surface area contributed by atoms with Crippen molar-refractivity contribution in [3.8, 4) is 17.2 Å². The largest absolute Gasteiger partial charge is 0.497 e. The molecule has 0 spiro atoms. The van der Waals surface area contributed by atoms with Crippen molar-refractivity contribution in [3.05, 3.63) is 58.6 Å². The van der Waals surface area contributed by atoms with Crippen molar-refractivity contribution >= 4 is 23.2 Å². The maximum atomic E-state index is 12.9. The molecule has 0 bridgehead atoms. The van der Waals surface area contributed by atoms with Crippen LogP contribution >= 0.6 is 11.6 Å². The van der Waals surface area contributed by atoms with E-state index in [0.29, 0.717) is 28.7 Å². The van der Waals surface area contributed by atoms with E-state index in [9.17, 15) is 8.78 Å². The molecule has 1 aliphatic heterocycles. The molecule has 11 heteroatoms. The molecular weight excluding hydrogens is 420 g/mol. The maximum Gasteiger partial charge on any atom is 0.387 e. The minimum atomic E-state index is -3.01. The Morgan fingerprint density at radius 3 is 2.67 bits per heavy atom. The van der Waals surface area contributed by atoms with Crippen LogP contribution in [0.2, 0.25) is 5.02 Å². The minimum Gasteiger partial charge on any atom is -0.497 e. The Labute approximate surface area is 175 Å². The lowest BCUT2D eigenvalue weighted by Crippen LogP contribution is -2.21. The lowest BCUT2D eigenvalue weighted by atomic mass is 10.00. The molecule has 1 atom stereocenters. The van der Waals surface area contributed by atoms with Gasteiger partial charge in [0.25, 0.3) is 0 Å². The summed E-state index contributed by atoms with van der Waals surface area (Å²) in [5, 5.41) is 15.0.